The minimum absolute atomic E-state index is 0.186. The molecular formula is C48H62O2S4. The molecule has 0 bridgehead atoms. The molecule has 4 aromatic rings. The minimum atomic E-state index is -0.186. The largest absolute Gasteiger partial charge is 0.508 e. The van der Waals surface area contributed by atoms with Crippen molar-refractivity contribution < 1.29 is 10.2 Å². The van der Waals surface area contributed by atoms with Crippen LogP contribution in [0.1, 0.15) is 174 Å². The summed E-state index contributed by atoms with van der Waals surface area (Å²) in [6, 6.07) is 26.7. The number of phenolic OH excluding ortho intramolecular Hbond substituents is 2. The number of aryl methyl sites for hydroxylation is 2. The van der Waals surface area contributed by atoms with Gasteiger partial charge in [-0.05, 0) is 165 Å². The standard InChI is InChI=1S/C48H62O2S4/c1-7-47(8-2,37-25-21-33(5)22-26-37)45-41(31-29-39(49)43(45)35-17-13-11-14-18-35)51-53-54-52-42-32-30-40(50)44(36-19-15-12-16-20-36)46(42)48(9-3,10-4)38-27-23-34(6)24-28-38/h21-32,35-36,49-50H,7-20H2,1-6H3. The van der Waals surface area contributed by atoms with Crippen molar-refractivity contribution in [2.24, 2.45) is 0 Å². The summed E-state index contributed by atoms with van der Waals surface area (Å²) in [6.07, 6.45) is 16.0. The molecule has 0 radical (unpaired) electrons. The lowest BCUT2D eigenvalue weighted by atomic mass is 9.66. The van der Waals surface area contributed by atoms with Gasteiger partial charge in [0.05, 0.1) is 0 Å². The van der Waals surface area contributed by atoms with Gasteiger partial charge in [-0.3, -0.25) is 0 Å². The van der Waals surface area contributed by atoms with Gasteiger partial charge in [-0.15, -0.1) is 0 Å². The second kappa shape index (κ2) is 18.9. The molecule has 0 saturated heterocycles. The van der Waals surface area contributed by atoms with Crippen molar-refractivity contribution in [1.82, 2.24) is 0 Å². The highest BCUT2D eigenvalue weighted by Gasteiger charge is 2.40. The van der Waals surface area contributed by atoms with E-state index in [1.54, 1.807) is 0 Å². The summed E-state index contributed by atoms with van der Waals surface area (Å²) in [4.78, 5) is 2.56. The van der Waals surface area contributed by atoms with E-state index in [0.29, 0.717) is 23.3 Å². The van der Waals surface area contributed by atoms with Crippen LogP contribution in [0.15, 0.2) is 82.6 Å². The lowest BCUT2D eigenvalue weighted by Gasteiger charge is -2.39. The van der Waals surface area contributed by atoms with Gasteiger partial charge in [0.25, 0.3) is 0 Å². The van der Waals surface area contributed by atoms with Crippen molar-refractivity contribution in [3.8, 4) is 11.5 Å². The lowest BCUT2D eigenvalue weighted by molar-refractivity contribution is 0.393. The molecule has 2 fully saturated rings. The van der Waals surface area contributed by atoms with E-state index in [2.05, 4.69) is 102 Å². The highest BCUT2D eigenvalue weighted by Crippen LogP contribution is 2.59. The lowest BCUT2D eigenvalue weighted by Crippen LogP contribution is -2.29. The zero-order chi connectivity index (χ0) is 38.3. The van der Waals surface area contributed by atoms with Crippen molar-refractivity contribution in [3.05, 3.63) is 117 Å². The zero-order valence-electron chi connectivity index (χ0n) is 33.5. The fourth-order valence-electron chi connectivity index (χ4n) is 10.1. The van der Waals surface area contributed by atoms with Crippen LogP contribution in [0, 0.1) is 13.8 Å². The van der Waals surface area contributed by atoms with Crippen LogP contribution in [-0.2, 0) is 10.8 Å². The van der Waals surface area contributed by atoms with Crippen LogP contribution < -0.4 is 0 Å². The predicted molar refractivity (Wildman–Crippen MR) is 240 cm³/mol. The molecule has 2 nitrogen and oxygen atoms in total. The van der Waals surface area contributed by atoms with Crippen molar-refractivity contribution in [2.75, 3.05) is 0 Å². The van der Waals surface area contributed by atoms with E-state index in [4.69, 9.17) is 0 Å². The Morgan fingerprint density at radius 2 is 0.815 bits per heavy atom. The average Bonchev–Trinajstić information content (AvgIpc) is 3.21. The summed E-state index contributed by atoms with van der Waals surface area (Å²) in [5.41, 5.74) is 10.00. The Balaban J connectivity index is 1.39. The molecule has 0 amide bonds. The van der Waals surface area contributed by atoms with Crippen molar-refractivity contribution in [3.63, 3.8) is 0 Å². The molecule has 0 heterocycles. The van der Waals surface area contributed by atoms with Gasteiger partial charge < -0.3 is 10.2 Å². The minimum Gasteiger partial charge on any atom is -0.508 e. The quantitative estimate of drug-likeness (QED) is 0.0922. The Morgan fingerprint density at radius 3 is 1.13 bits per heavy atom. The number of rotatable bonds is 15. The highest BCUT2D eigenvalue weighted by atomic mass is 33.7. The van der Waals surface area contributed by atoms with Gasteiger partial charge in [0.2, 0.25) is 0 Å². The van der Waals surface area contributed by atoms with Crippen molar-refractivity contribution in [1.29, 1.82) is 0 Å². The number of hydrogen-bond donors (Lipinski definition) is 2. The summed E-state index contributed by atoms with van der Waals surface area (Å²) in [5.74, 6) is 1.73. The van der Waals surface area contributed by atoms with Crippen LogP contribution in [-0.4, -0.2) is 10.2 Å². The number of benzene rings is 4. The van der Waals surface area contributed by atoms with E-state index < -0.39 is 0 Å². The fourth-order valence-corrected chi connectivity index (χ4v) is 16.1. The first-order valence-electron chi connectivity index (χ1n) is 20.8. The van der Waals surface area contributed by atoms with Gasteiger partial charge in [0.15, 0.2) is 0 Å². The zero-order valence-corrected chi connectivity index (χ0v) is 36.8. The van der Waals surface area contributed by atoms with E-state index in [-0.39, 0.29) is 10.8 Å². The van der Waals surface area contributed by atoms with Crippen LogP contribution in [0.25, 0.3) is 0 Å². The topological polar surface area (TPSA) is 40.5 Å². The van der Waals surface area contributed by atoms with E-state index in [0.717, 1.165) is 51.4 Å². The van der Waals surface area contributed by atoms with Gasteiger partial charge in [0, 0.05) is 31.7 Å². The van der Waals surface area contributed by atoms with Crippen LogP contribution in [0.5, 0.6) is 11.5 Å². The average molecular weight is 799 g/mol. The first kappa shape index (κ1) is 41.5. The Kier molecular flexibility index (Phi) is 14.5. The second-order valence-electron chi connectivity index (χ2n) is 16.0. The summed E-state index contributed by atoms with van der Waals surface area (Å²) in [6.45, 7) is 13.7. The first-order chi connectivity index (χ1) is 26.2. The summed E-state index contributed by atoms with van der Waals surface area (Å²) in [7, 11) is 7.41. The third-order valence-electron chi connectivity index (χ3n) is 13.3. The summed E-state index contributed by atoms with van der Waals surface area (Å²) >= 11 is 0. The smallest absolute Gasteiger partial charge is 0.119 e. The van der Waals surface area contributed by atoms with Crippen molar-refractivity contribution in [2.45, 2.75) is 164 Å². The first-order valence-corrected chi connectivity index (χ1v) is 25.6. The Morgan fingerprint density at radius 1 is 0.481 bits per heavy atom. The predicted octanol–water partition coefficient (Wildman–Crippen LogP) is 16.1. The molecule has 2 aliphatic rings. The molecule has 6 heteroatoms. The Bertz CT molecular complexity index is 1680. The number of aromatic hydroxyl groups is 2. The Labute approximate surface area is 342 Å². The normalized spacial score (nSPS) is 16.2. The molecule has 4 aromatic carbocycles. The molecule has 290 valence electrons. The van der Waals surface area contributed by atoms with Crippen LogP contribution in [0.4, 0.5) is 0 Å². The van der Waals surface area contributed by atoms with E-state index in [1.807, 2.05) is 53.4 Å². The van der Waals surface area contributed by atoms with Gasteiger partial charge in [-0.2, -0.15) is 0 Å². The monoisotopic (exact) mass is 798 g/mol. The summed E-state index contributed by atoms with van der Waals surface area (Å²) in [5, 5.41) is 23.4. The maximum atomic E-state index is 11.7. The second-order valence-corrected chi connectivity index (χ2v) is 21.8. The molecule has 2 saturated carbocycles. The fraction of sp³-hybridized carbons (Fsp3) is 0.500. The maximum Gasteiger partial charge on any atom is 0.119 e. The van der Waals surface area contributed by atoms with Gasteiger partial charge in [-0.1, -0.05) is 126 Å². The number of hydrogen-bond acceptors (Lipinski definition) is 6. The Hall–Kier alpha value is -2.12. The van der Waals surface area contributed by atoms with E-state index in [1.165, 1.54) is 92.8 Å². The molecule has 0 aliphatic heterocycles. The molecule has 0 atom stereocenters. The third-order valence-corrected chi connectivity index (χ3v) is 19.4. The van der Waals surface area contributed by atoms with Gasteiger partial charge in [0.1, 0.15) is 11.5 Å². The molecule has 0 aromatic heterocycles. The van der Waals surface area contributed by atoms with Crippen molar-refractivity contribution >= 4 is 41.2 Å². The molecular weight excluding hydrogens is 737 g/mol. The van der Waals surface area contributed by atoms with Crippen LogP contribution >= 0.6 is 41.2 Å². The van der Waals surface area contributed by atoms with Crippen LogP contribution in [0.3, 0.4) is 0 Å². The number of phenols is 2. The third kappa shape index (κ3) is 8.43. The molecule has 2 N–H and O–H groups in total. The van der Waals surface area contributed by atoms with Crippen LogP contribution in [0.2, 0.25) is 0 Å². The van der Waals surface area contributed by atoms with Gasteiger partial charge in [-0.25, -0.2) is 0 Å². The molecule has 54 heavy (non-hydrogen) atoms. The van der Waals surface area contributed by atoms with Gasteiger partial charge >= 0.3 is 0 Å². The maximum absolute atomic E-state index is 11.7. The SMILES string of the molecule is CCC(CC)(c1ccc(C)cc1)c1c(SSSSc2ccc(O)c(C3CCCCC3)c2C(CC)(CC)c2ccc(C)cc2)ccc(O)c1C1CCCCC1. The molecule has 0 spiro atoms. The molecule has 2 aliphatic carbocycles. The molecule has 0 unspecified atom stereocenters. The highest BCUT2D eigenvalue weighted by molar-refractivity contribution is 9.26. The molecule has 6 rings (SSSR count). The summed E-state index contributed by atoms with van der Waals surface area (Å²) < 4.78 is 0. The van der Waals surface area contributed by atoms with E-state index in [9.17, 15) is 10.2 Å². The van der Waals surface area contributed by atoms with E-state index >= 15 is 0 Å².